The summed E-state index contributed by atoms with van der Waals surface area (Å²) in [6.45, 7) is 0. The number of amides is 2. The highest BCUT2D eigenvalue weighted by Crippen LogP contribution is 2.23. The molecule has 0 spiro atoms. The molecule has 0 aliphatic heterocycles. The minimum atomic E-state index is -0.390. The number of benzene rings is 1. The molecule has 0 aliphatic rings. The molecule has 2 rings (SSSR count). The number of carbonyl (C=O) groups is 2. The summed E-state index contributed by atoms with van der Waals surface area (Å²) in [5.41, 5.74) is 1.00. The maximum atomic E-state index is 12.4. The van der Waals surface area contributed by atoms with Crippen LogP contribution in [0, 0.1) is 0 Å². The molecule has 1 N–H and O–H groups in total. The average Bonchev–Trinajstić information content (AvgIpc) is 2.54. The number of nitrogens with one attached hydrogen (secondary N) is 1. The smallest absolute Gasteiger partial charge is 0.272 e. The van der Waals surface area contributed by atoms with E-state index in [0.29, 0.717) is 22.0 Å². The minimum Gasteiger partial charge on any atom is -0.496 e. The third-order valence-electron chi connectivity index (χ3n) is 3.05. The summed E-state index contributed by atoms with van der Waals surface area (Å²) in [5.74, 6) is -0.231. The zero-order chi connectivity index (χ0) is 17.0. The van der Waals surface area contributed by atoms with Gasteiger partial charge in [-0.15, -0.1) is 0 Å². The lowest BCUT2D eigenvalue weighted by Gasteiger charge is -2.12. The van der Waals surface area contributed by atoms with Gasteiger partial charge in [0.05, 0.1) is 12.7 Å². The van der Waals surface area contributed by atoms with E-state index in [1.165, 1.54) is 30.3 Å². The third-order valence-corrected chi connectivity index (χ3v) is 3.28. The molecule has 0 aliphatic carbocycles. The Labute approximate surface area is 139 Å². The van der Waals surface area contributed by atoms with Crippen LogP contribution in [-0.4, -0.2) is 42.9 Å². The van der Waals surface area contributed by atoms with E-state index in [1.807, 2.05) is 0 Å². The number of ether oxygens (including phenoxy) is 1. The molecule has 0 saturated carbocycles. The normalized spacial score (nSPS) is 10.1. The maximum Gasteiger partial charge on any atom is 0.272 e. The molecular formula is C16H16ClN3O3. The molecule has 2 aromatic rings. The molecular weight excluding hydrogens is 318 g/mol. The van der Waals surface area contributed by atoms with Gasteiger partial charge in [-0.25, -0.2) is 0 Å². The Kier molecular flexibility index (Phi) is 5.18. The van der Waals surface area contributed by atoms with E-state index in [4.69, 9.17) is 16.3 Å². The number of carbonyl (C=O) groups excluding carboxylic acids is 2. The van der Waals surface area contributed by atoms with Crippen molar-refractivity contribution < 1.29 is 14.3 Å². The van der Waals surface area contributed by atoms with Crippen LogP contribution in [0.25, 0.3) is 0 Å². The Balaban J connectivity index is 2.26. The Hall–Kier alpha value is -2.60. The van der Waals surface area contributed by atoms with Crippen LogP contribution in [0.3, 0.4) is 0 Å². The summed E-state index contributed by atoms with van der Waals surface area (Å²) < 4.78 is 5.16. The van der Waals surface area contributed by atoms with Gasteiger partial charge in [-0.1, -0.05) is 11.6 Å². The quantitative estimate of drug-likeness (QED) is 0.933. The molecule has 0 radical (unpaired) electrons. The average molecular weight is 334 g/mol. The Morgan fingerprint density at radius 1 is 1.22 bits per heavy atom. The Morgan fingerprint density at radius 2 is 1.96 bits per heavy atom. The molecule has 0 unspecified atom stereocenters. The van der Waals surface area contributed by atoms with Crippen LogP contribution >= 0.6 is 11.6 Å². The molecule has 6 nitrogen and oxygen atoms in total. The van der Waals surface area contributed by atoms with Gasteiger partial charge in [0.1, 0.15) is 11.4 Å². The summed E-state index contributed by atoms with van der Waals surface area (Å²) in [6, 6.07) is 7.88. The molecule has 1 aromatic carbocycles. The van der Waals surface area contributed by atoms with E-state index in [2.05, 4.69) is 10.3 Å². The fourth-order valence-electron chi connectivity index (χ4n) is 1.91. The van der Waals surface area contributed by atoms with Gasteiger partial charge in [-0.05, 0) is 30.3 Å². The summed E-state index contributed by atoms with van der Waals surface area (Å²) in [4.78, 5) is 29.7. The second kappa shape index (κ2) is 7.11. The lowest BCUT2D eigenvalue weighted by Crippen LogP contribution is -2.23. The monoisotopic (exact) mass is 333 g/mol. The number of rotatable bonds is 4. The van der Waals surface area contributed by atoms with Crippen LogP contribution in [0.1, 0.15) is 20.8 Å². The number of halogens is 1. The van der Waals surface area contributed by atoms with E-state index < -0.39 is 0 Å². The summed E-state index contributed by atoms with van der Waals surface area (Å²) in [7, 11) is 4.73. The van der Waals surface area contributed by atoms with Crippen LogP contribution in [0.2, 0.25) is 5.02 Å². The van der Waals surface area contributed by atoms with Crippen LogP contribution in [0.5, 0.6) is 5.75 Å². The van der Waals surface area contributed by atoms with Crippen molar-refractivity contribution in [3.05, 3.63) is 52.8 Å². The predicted octanol–water partition coefficient (Wildman–Crippen LogP) is 2.70. The van der Waals surface area contributed by atoms with Crippen LogP contribution in [-0.2, 0) is 0 Å². The molecule has 23 heavy (non-hydrogen) atoms. The van der Waals surface area contributed by atoms with Gasteiger partial charge < -0.3 is 15.0 Å². The molecule has 0 bridgehead atoms. The number of methoxy groups -OCH3 is 1. The van der Waals surface area contributed by atoms with Crippen LogP contribution < -0.4 is 10.1 Å². The van der Waals surface area contributed by atoms with Crippen LogP contribution in [0.4, 0.5) is 5.69 Å². The fraction of sp³-hybridized carbons (Fsp3) is 0.188. The fourth-order valence-corrected chi connectivity index (χ4v) is 2.08. The first-order valence-corrected chi connectivity index (χ1v) is 7.12. The van der Waals surface area contributed by atoms with Crippen molar-refractivity contribution in [1.82, 2.24) is 9.88 Å². The molecule has 1 aromatic heterocycles. The van der Waals surface area contributed by atoms with Gasteiger partial charge in [-0.2, -0.15) is 0 Å². The van der Waals surface area contributed by atoms with Crippen molar-refractivity contribution >= 4 is 29.1 Å². The van der Waals surface area contributed by atoms with E-state index in [9.17, 15) is 9.59 Å². The SMILES string of the molecule is COc1ccc(Cl)cc1C(=O)Nc1ccnc(C(=O)N(C)C)c1. The largest absolute Gasteiger partial charge is 0.496 e. The van der Waals surface area contributed by atoms with Gasteiger partial charge in [0.25, 0.3) is 11.8 Å². The Morgan fingerprint density at radius 3 is 2.61 bits per heavy atom. The zero-order valence-corrected chi connectivity index (χ0v) is 13.7. The molecule has 2 amide bonds. The minimum absolute atomic E-state index is 0.242. The van der Waals surface area contributed by atoms with Gasteiger partial charge >= 0.3 is 0 Å². The lowest BCUT2D eigenvalue weighted by atomic mass is 10.2. The first-order chi connectivity index (χ1) is 10.9. The van der Waals surface area contributed by atoms with E-state index in [1.54, 1.807) is 32.3 Å². The van der Waals surface area contributed by atoms with Crippen molar-refractivity contribution in [3.63, 3.8) is 0 Å². The molecule has 120 valence electrons. The summed E-state index contributed by atoms with van der Waals surface area (Å²) in [5, 5.41) is 3.13. The second-order valence-corrected chi connectivity index (χ2v) is 5.36. The number of aromatic nitrogens is 1. The highest BCUT2D eigenvalue weighted by Gasteiger charge is 2.15. The van der Waals surface area contributed by atoms with Crippen molar-refractivity contribution in [2.24, 2.45) is 0 Å². The lowest BCUT2D eigenvalue weighted by molar-refractivity contribution is 0.0821. The summed E-state index contributed by atoms with van der Waals surface area (Å²) >= 11 is 5.93. The number of nitrogens with zero attached hydrogens (tertiary/aromatic N) is 2. The topological polar surface area (TPSA) is 71.5 Å². The highest BCUT2D eigenvalue weighted by molar-refractivity contribution is 6.31. The number of hydrogen-bond donors (Lipinski definition) is 1. The highest BCUT2D eigenvalue weighted by atomic mass is 35.5. The third kappa shape index (κ3) is 3.98. The van der Waals surface area contributed by atoms with Gasteiger partial charge in [0, 0.05) is 31.0 Å². The van der Waals surface area contributed by atoms with Crippen molar-refractivity contribution in [2.45, 2.75) is 0 Å². The van der Waals surface area contributed by atoms with Crippen molar-refractivity contribution in [3.8, 4) is 5.75 Å². The van der Waals surface area contributed by atoms with Crippen molar-refractivity contribution in [2.75, 3.05) is 26.5 Å². The maximum absolute atomic E-state index is 12.4. The number of anilines is 1. The molecule has 0 saturated heterocycles. The Bertz CT molecular complexity index is 747. The van der Waals surface area contributed by atoms with E-state index in [-0.39, 0.29) is 17.5 Å². The van der Waals surface area contributed by atoms with Gasteiger partial charge in [0.2, 0.25) is 0 Å². The molecule has 0 atom stereocenters. The molecule has 1 heterocycles. The molecule has 7 heteroatoms. The zero-order valence-electron chi connectivity index (χ0n) is 13.0. The van der Waals surface area contributed by atoms with Crippen LogP contribution in [0.15, 0.2) is 36.5 Å². The standard InChI is InChI=1S/C16H16ClN3O3/c1-20(2)16(22)13-9-11(6-7-18-13)19-15(21)12-8-10(17)4-5-14(12)23-3/h4-9H,1-3H3,(H,18,19,21). The number of pyridine rings is 1. The van der Waals surface area contributed by atoms with E-state index >= 15 is 0 Å². The number of hydrogen-bond acceptors (Lipinski definition) is 4. The van der Waals surface area contributed by atoms with Gasteiger partial charge in [-0.3, -0.25) is 14.6 Å². The van der Waals surface area contributed by atoms with E-state index in [0.717, 1.165) is 0 Å². The van der Waals surface area contributed by atoms with Gasteiger partial charge in [0.15, 0.2) is 0 Å². The molecule has 0 fully saturated rings. The second-order valence-electron chi connectivity index (χ2n) is 4.93. The first kappa shape index (κ1) is 16.8. The van der Waals surface area contributed by atoms with Crippen molar-refractivity contribution in [1.29, 1.82) is 0 Å². The first-order valence-electron chi connectivity index (χ1n) is 6.75. The summed E-state index contributed by atoms with van der Waals surface area (Å²) in [6.07, 6.45) is 1.46. The predicted molar refractivity (Wildman–Crippen MR) is 88.2 cm³/mol.